The first-order valence-electron chi connectivity index (χ1n) is 9.57. The van der Waals surface area contributed by atoms with Crippen molar-refractivity contribution in [2.45, 2.75) is 31.7 Å². The fourth-order valence-corrected chi connectivity index (χ4v) is 4.70. The van der Waals surface area contributed by atoms with Crippen molar-refractivity contribution in [3.63, 3.8) is 0 Å². The molecule has 6 heteroatoms. The largest absolute Gasteiger partial charge is 0.397 e. The number of nitrogen functional groups attached to an aromatic ring is 1. The van der Waals surface area contributed by atoms with E-state index in [1.807, 2.05) is 24.3 Å². The molecule has 28 heavy (non-hydrogen) atoms. The van der Waals surface area contributed by atoms with E-state index in [0.29, 0.717) is 0 Å². The molecule has 0 radical (unpaired) electrons. The lowest BCUT2D eigenvalue weighted by atomic mass is 9.77. The SMILES string of the molecule is CC(=O)C1(CN2CCCC2)c2ccccc2CCN1c1ccccc1N.Cl.Cl. The van der Waals surface area contributed by atoms with Gasteiger partial charge in [-0.2, -0.15) is 0 Å². The zero-order valence-corrected chi connectivity index (χ0v) is 17.9. The molecule has 2 aromatic carbocycles. The summed E-state index contributed by atoms with van der Waals surface area (Å²) in [6.07, 6.45) is 3.35. The molecule has 152 valence electrons. The summed E-state index contributed by atoms with van der Waals surface area (Å²) in [5, 5.41) is 0. The summed E-state index contributed by atoms with van der Waals surface area (Å²) in [5.74, 6) is 0.194. The van der Waals surface area contributed by atoms with Gasteiger partial charge in [-0.15, -0.1) is 24.8 Å². The molecule has 0 spiro atoms. The smallest absolute Gasteiger partial charge is 0.161 e. The number of Topliss-reactive ketones (excluding diaryl/α,β-unsaturated/α-hetero) is 1. The molecule has 0 aromatic heterocycles. The van der Waals surface area contributed by atoms with Gasteiger partial charge in [0.25, 0.3) is 0 Å². The van der Waals surface area contributed by atoms with Crippen molar-refractivity contribution in [1.82, 2.24) is 4.90 Å². The number of ketones is 1. The fraction of sp³-hybridized carbons (Fsp3) is 0.409. The van der Waals surface area contributed by atoms with Crippen molar-refractivity contribution >= 4 is 42.0 Å². The van der Waals surface area contributed by atoms with Gasteiger partial charge in [0.2, 0.25) is 0 Å². The van der Waals surface area contributed by atoms with Gasteiger partial charge in [0.1, 0.15) is 5.54 Å². The van der Waals surface area contributed by atoms with E-state index in [1.165, 1.54) is 18.4 Å². The number of anilines is 2. The topological polar surface area (TPSA) is 49.6 Å². The van der Waals surface area contributed by atoms with Crippen LogP contribution in [0, 0.1) is 0 Å². The Balaban J connectivity index is 0.00000140. The second-order valence-electron chi connectivity index (χ2n) is 7.52. The van der Waals surface area contributed by atoms with Gasteiger partial charge in [0.15, 0.2) is 5.78 Å². The highest BCUT2D eigenvalue weighted by atomic mass is 35.5. The Morgan fingerprint density at radius 2 is 1.64 bits per heavy atom. The number of carbonyl (C=O) groups excluding carboxylic acids is 1. The molecule has 1 atom stereocenters. The van der Waals surface area contributed by atoms with Crippen molar-refractivity contribution in [1.29, 1.82) is 0 Å². The average molecular weight is 422 g/mol. The Morgan fingerprint density at radius 3 is 2.32 bits per heavy atom. The third kappa shape index (κ3) is 3.73. The summed E-state index contributed by atoms with van der Waals surface area (Å²) in [7, 11) is 0. The van der Waals surface area contributed by atoms with Crippen LogP contribution in [-0.4, -0.2) is 36.9 Å². The minimum absolute atomic E-state index is 0. The van der Waals surface area contributed by atoms with Crippen molar-refractivity contribution in [2.24, 2.45) is 0 Å². The number of carbonyl (C=O) groups is 1. The first kappa shape index (κ1) is 22.5. The van der Waals surface area contributed by atoms with Crippen LogP contribution in [0.5, 0.6) is 0 Å². The molecule has 2 aliphatic rings. The Hall–Kier alpha value is -1.75. The highest BCUT2D eigenvalue weighted by Crippen LogP contribution is 2.42. The molecule has 2 N–H and O–H groups in total. The minimum atomic E-state index is -0.672. The predicted molar refractivity (Wildman–Crippen MR) is 121 cm³/mol. The van der Waals surface area contributed by atoms with Crippen molar-refractivity contribution < 1.29 is 4.79 Å². The average Bonchev–Trinajstić information content (AvgIpc) is 3.15. The maximum atomic E-state index is 13.3. The van der Waals surface area contributed by atoms with Crippen LogP contribution in [0.15, 0.2) is 48.5 Å². The molecule has 2 heterocycles. The Labute approximate surface area is 179 Å². The summed E-state index contributed by atoms with van der Waals surface area (Å²) < 4.78 is 0. The van der Waals surface area contributed by atoms with E-state index < -0.39 is 5.54 Å². The second kappa shape index (κ2) is 9.17. The van der Waals surface area contributed by atoms with Gasteiger partial charge in [-0.1, -0.05) is 36.4 Å². The van der Waals surface area contributed by atoms with Crippen LogP contribution in [0.25, 0.3) is 0 Å². The maximum Gasteiger partial charge on any atom is 0.161 e. The number of nitrogens with two attached hydrogens (primary N) is 1. The van der Waals surface area contributed by atoms with Crippen molar-refractivity contribution in [2.75, 3.05) is 36.8 Å². The molecule has 2 aliphatic heterocycles. The highest BCUT2D eigenvalue weighted by molar-refractivity contribution is 5.94. The normalized spacial score (nSPS) is 21.4. The van der Waals surface area contributed by atoms with Crippen LogP contribution in [0.4, 0.5) is 11.4 Å². The lowest BCUT2D eigenvalue weighted by Crippen LogP contribution is -2.60. The molecule has 0 bridgehead atoms. The molecule has 4 rings (SSSR count). The second-order valence-corrected chi connectivity index (χ2v) is 7.52. The lowest BCUT2D eigenvalue weighted by Gasteiger charge is -2.50. The number of likely N-dealkylation sites (tertiary alicyclic amines) is 1. The fourth-order valence-electron chi connectivity index (χ4n) is 4.70. The van der Waals surface area contributed by atoms with Gasteiger partial charge in [0.05, 0.1) is 11.4 Å². The highest BCUT2D eigenvalue weighted by Gasteiger charge is 2.48. The van der Waals surface area contributed by atoms with Crippen LogP contribution >= 0.6 is 24.8 Å². The number of benzene rings is 2. The summed E-state index contributed by atoms with van der Waals surface area (Å²) >= 11 is 0. The number of fused-ring (bicyclic) bond motifs is 1. The zero-order valence-electron chi connectivity index (χ0n) is 16.3. The molecule has 4 nitrogen and oxygen atoms in total. The van der Waals surface area contributed by atoms with Gasteiger partial charge < -0.3 is 15.5 Å². The lowest BCUT2D eigenvalue weighted by molar-refractivity contribution is -0.123. The first-order chi connectivity index (χ1) is 12.6. The standard InChI is InChI=1S/C22H27N3O.2ClH/c1-17(26)22(16-24-13-6-7-14-24)19-9-3-2-8-18(19)12-15-25(22)21-11-5-4-10-20(21)23;;/h2-5,8-11H,6-7,12-16,23H2,1H3;2*1H. The summed E-state index contributed by atoms with van der Waals surface area (Å²) in [6, 6.07) is 16.4. The van der Waals surface area contributed by atoms with Crippen molar-refractivity contribution in [3.8, 4) is 0 Å². The summed E-state index contributed by atoms with van der Waals surface area (Å²) in [4.78, 5) is 18.0. The van der Waals surface area contributed by atoms with Crippen LogP contribution in [0.2, 0.25) is 0 Å². The molecule has 1 saturated heterocycles. The van der Waals surface area contributed by atoms with Gasteiger partial charge in [-0.3, -0.25) is 4.79 Å². The Bertz CT molecular complexity index is 823. The number of halogens is 2. The molecule has 0 saturated carbocycles. The maximum absolute atomic E-state index is 13.3. The van der Waals surface area contributed by atoms with E-state index >= 15 is 0 Å². The number of rotatable bonds is 4. The third-order valence-corrected chi connectivity index (χ3v) is 5.99. The molecule has 2 aromatic rings. The molecular formula is C22H29Cl2N3O. The third-order valence-electron chi connectivity index (χ3n) is 5.99. The molecule has 0 amide bonds. The Kier molecular flexibility index (Phi) is 7.38. The van der Waals surface area contributed by atoms with E-state index in [1.54, 1.807) is 6.92 Å². The molecular weight excluding hydrogens is 393 g/mol. The van der Waals surface area contributed by atoms with Gasteiger partial charge in [-0.05, 0) is 62.5 Å². The number of para-hydroxylation sites is 2. The first-order valence-corrected chi connectivity index (χ1v) is 9.57. The van der Waals surface area contributed by atoms with E-state index in [9.17, 15) is 4.79 Å². The monoisotopic (exact) mass is 421 g/mol. The summed E-state index contributed by atoms with van der Waals surface area (Å²) in [5.41, 5.74) is 9.80. The number of nitrogens with zero attached hydrogens (tertiary/aromatic N) is 2. The van der Waals surface area contributed by atoms with E-state index in [2.05, 4.69) is 34.1 Å². The molecule has 1 fully saturated rings. The quantitative estimate of drug-likeness (QED) is 0.756. The van der Waals surface area contributed by atoms with Crippen molar-refractivity contribution in [3.05, 3.63) is 59.7 Å². The molecule has 0 aliphatic carbocycles. The summed E-state index contributed by atoms with van der Waals surface area (Å²) in [6.45, 7) is 5.40. The number of hydrogen-bond acceptors (Lipinski definition) is 4. The van der Waals surface area contributed by atoms with Crippen LogP contribution in [-0.2, 0) is 16.8 Å². The Morgan fingerprint density at radius 1 is 1.00 bits per heavy atom. The minimum Gasteiger partial charge on any atom is -0.397 e. The number of hydrogen-bond donors (Lipinski definition) is 1. The van der Waals surface area contributed by atoms with E-state index in [0.717, 1.165) is 49.5 Å². The van der Waals surface area contributed by atoms with Gasteiger partial charge in [0, 0.05) is 13.1 Å². The van der Waals surface area contributed by atoms with Crippen LogP contribution < -0.4 is 10.6 Å². The zero-order chi connectivity index (χ0) is 18.1. The predicted octanol–water partition coefficient (Wildman–Crippen LogP) is 4.06. The van der Waals surface area contributed by atoms with Crippen LogP contribution in [0.1, 0.15) is 30.9 Å². The molecule has 1 unspecified atom stereocenters. The van der Waals surface area contributed by atoms with E-state index in [4.69, 9.17) is 5.73 Å². The van der Waals surface area contributed by atoms with Crippen LogP contribution in [0.3, 0.4) is 0 Å². The van der Waals surface area contributed by atoms with E-state index in [-0.39, 0.29) is 30.6 Å². The van der Waals surface area contributed by atoms with Gasteiger partial charge >= 0.3 is 0 Å². The van der Waals surface area contributed by atoms with Gasteiger partial charge in [-0.25, -0.2) is 0 Å².